The van der Waals surface area contributed by atoms with Crippen LogP contribution in [-0.4, -0.2) is 6.16 Å². The molecule has 5 aromatic carbocycles. The van der Waals surface area contributed by atoms with Gasteiger partial charge in [0, 0.05) is 5.92 Å². The number of allylic oxidation sites excluding steroid dienone is 4. The second-order valence-electron chi connectivity index (χ2n) is 9.42. The van der Waals surface area contributed by atoms with Gasteiger partial charge in [0.25, 0.3) is 0 Å². The summed E-state index contributed by atoms with van der Waals surface area (Å²) in [7, 11) is -1.15. The van der Waals surface area contributed by atoms with Gasteiger partial charge in [-0.3, -0.25) is 0 Å². The minimum Gasteiger partial charge on any atom is -0.0766 e. The molecule has 1 unspecified atom stereocenters. The predicted octanol–water partition coefficient (Wildman–Crippen LogP) is 7.15. The van der Waals surface area contributed by atoms with Crippen molar-refractivity contribution < 1.29 is 0 Å². The molecule has 1 atom stereocenters. The first kappa shape index (κ1) is 24.8. The highest BCUT2D eigenvalue weighted by Crippen LogP contribution is 2.44. The Morgan fingerprint density at radius 2 is 0.921 bits per heavy atom. The average Bonchev–Trinajstić information content (AvgIpc) is 3.46. The van der Waals surface area contributed by atoms with Crippen molar-refractivity contribution in [2.75, 3.05) is 6.16 Å². The van der Waals surface area contributed by atoms with E-state index in [4.69, 9.17) is 0 Å². The number of rotatable bonds is 8. The van der Waals surface area contributed by atoms with E-state index in [1.165, 1.54) is 37.7 Å². The largest absolute Gasteiger partial charge is 0.0766 e. The van der Waals surface area contributed by atoms with E-state index in [-0.39, 0.29) is 0 Å². The molecule has 2 heteroatoms. The smallest absolute Gasteiger partial charge is 0.00725 e. The Balaban J connectivity index is 1.40. The molecule has 0 aliphatic heterocycles. The van der Waals surface area contributed by atoms with Crippen molar-refractivity contribution in [3.05, 3.63) is 169 Å². The van der Waals surface area contributed by atoms with Crippen molar-refractivity contribution in [2.24, 2.45) is 5.92 Å². The molecule has 0 aromatic heterocycles. The van der Waals surface area contributed by atoms with Crippen LogP contribution in [0.1, 0.15) is 5.56 Å². The van der Waals surface area contributed by atoms with Crippen LogP contribution in [0.25, 0.3) is 5.57 Å². The third kappa shape index (κ3) is 5.35. The molecule has 0 fully saturated rings. The zero-order chi connectivity index (χ0) is 25.6. The van der Waals surface area contributed by atoms with Crippen molar-refractivity contribution in [1.82, 2.24) is 0 Å². The van der Waals surface area contributed by atoms with Crippen LogP contribution in [-0.2, 0) is 0 Å². The third-order valence-corrected chi connectivity index (χ3v) is 12.1. The molecule has 6 rings (SSSR count). The van der Waals surface area contributed by atoms with E-state index in [0.29, 0.717) is 5.92 Å². The van der Waals surface area contributed by atoms with Crippen LogP contribution >= 0.6 is 15.8 Å². The lowest BCUT2D eigenvalue weighted by Crippen LogP contribution is -2.24. The highest BCUT2D eigenvalue weighted by atomic mass is 31.1. The molecule has 38 heavy (non-hydrogen) atoms. The van der Waals surface area contributed by atoms with Crippen LogP contribution in [0.5, 0.6) is 0 Å². The van der Waals surface area contributed by atoms with E-state index in [1.54, 1.807) is 0 Å². The molecule has 0 radical (unpaired) electrons. The van der Waals surface area contributed by atoms with Crippen LogP contribution in [0.2, 0.25) is 0 Å². The Morgan fingerprint density at radius 3 is 1.45 bits per heavy atom. The lowest BCUT2D eigenvalue weighted by atomic mass is 9.97. The molecule has 1 aliphatic carbocycles. The molecule has 0 bridgehead atoms. The second-order valence-corrected chi connectivity index (χ2v) is 13.9. The summed E-state index contributed by atoms with van der Waals surface area (Å²) in [5.74, 6) is 0.381. The van der Waals surface area contributed by atoms with Crippen molar-refractivity contribution in [1.29, 1.82) is 0 Å². The third-order valence-electron chi connectivity index (χ3n) is 7.02. The number of hydrogen-bond donors (Lipinski definition) is 0. The van der Waals surface area contributed by atoms with Gasteiger partial charge in [0.15, 0.2) is 0 Å². The Kier molecular flexibility index (Phi) is 7.74. The highest BCUT2D eigenvalue weighted by molar-refractivity contribution is 7.80. The summed E-state index contributed by atoms with van der Waals surface area (Å²) >= 11 is 0. The van der Waals surface area contributed by atoms with Gasteiger partial charge in [0.05, 0.1) is 0 Å². The van der Waals surface area contributed by atoms with Crippen LogP contribution < -0.4 is 26.5 Å². The zero-order valence-electron chi connectivity index (χ0n) is 21.3. The molecule has 0 saturated carbocycles. The molecule has 5 aromatic rings. The summed E-state index contributed by atoms with van der Waals surface area (Å²) in [5, 5.41) is 7.10. The predicted molar refractivity (Wildman–Crippen MR) is 170 cm³/mol. The van der Waals surface area contributed by atoms with Gasteiger partial charge >= 0.3 is 0 Å². The zero-order valence-corrected chi connectivity index (χ0v) is 23.1. The maximum absolute atomic E-state index is 2.42. The normalized spacial score (nSPS) is 14.7. The fourth-order valence-corrected chi connectivity index (χ4v) is 10.2. The summed E-state index contributed by atoms with van der Waals surface area (Å²) in [5.41, 5.74) is 2.83. The van der Waals surface area contributed by atoms with E-state index >= 15 is 0 Å². The summed E-state index contributed by atoms with van der Waals surface area (Å²) in [4.78, 5) is 0. The molecule has 1 aliphatic rings. The molecular formula is C36H30P2. The average molecular weight is 525 g/mol. The molecule has 0 nitrogen and oxygen atoms in total. The Labute approximate surface area is 228 Å². The van der Waals surface area contributed by atoms with Crippen LogP contribution in [0, 0.1) is 5.92 Å². The molecule has 184 valence electrons. The van der Waals surface area contributed by atoms with Gasteiger partial charge in [0.1, 0.15) is 0 Å². The lowest BCUT2D eigenvalue weighted by molar-refractivity contribution is 0.995. The molecule has 0 amide bonds. The van der Waals surface area contributed by atoms with Gasteiger partial charge < -0.3 is 0 Å². The van der Waals surface area contributed by atoms with Gasteiger partial charge in [-0.05, 0) is 59.7 Å². The van der Waals surface area contributed by atoms with E-state index in [9.17, 15) is 0 Å². The van der Waals surface area contributed by atoms with Gasteiger partial charge in [0.2, 0.25) is 0 Å². The van der Waals surface area contributed by atoms with Crippen molar-refractivity contribution in [3.63, 3.8) is 0 Å². The van der Waals surface area contributed by atoms with Crippen molar-refractivity contribution >= 4 is 47.9 Å². The van der Waals surface area contributed by atoms with Crippen molar-refractivity contribution in [3.8, 4) is 0 Å². The number of hydrogen-bond acceptors (Lipinski definition) is 0. The molecule has 0 heterocycles. The molecular weight excluding hydrogens is 494 g/mol. The maximum Gasteiger partial charge on any atom is 0.00725 e. The lowest BCUT2D eigenvalue weighted by Gasteiger charge is -2.27. The summed E-state index contributed by atoms with van der Waals surface area (Å²) in [6, 6.07) is 53.3. The number of benzene rings is 5. The first-order chi connectivity index (χ1) is 18.9. The molecule has 0 N–H and O–H groups in total. The Bertz CT molecular complexity index is 1450. The fraction of sp³-hybridized carbons (Fsp3) is 0.0556. The molecule has 0 saturated heterocycles. The van der Waals surface area contributed by atoms with E-state index in [1.807, 2.05) is 0 Å². The van der Waals surface area contributed by atoms with Crippen LogP contribution in [0.15, 0.2) is 164 Å². The monoisotopic (exact) mass is 524 g/mol. The minimum absolute atomic E-state index is 0.381. The first-order valence-corrected chi connectivity index (χ1v) is 16.0. The highest BCUT2D eigenvalue weighted by Gasteiger charge is 2.27. The molecule has 0 spiro atoms. The van der Waals surface area contributed by atoms with Gasteiger partial charge in [-0.1, -0.05) is 164 Å². The summed E-state index contributed by atoms with van der Waals surface area (Å²) in [6.45, 7) is 0. The van der Waals surface area contributed by atoms with Gasteiger partial charge in [-0.15, -0.1) is 0 Å². The standard InChI is InChI=1S/C36H30P2/c1-5-17-30(18-6-1)37(31-19-7-2-8-20-31)28-29-16-15-26-34(29)35-25-13-14-27-36(35)38(32-21-9-3-10-22-32)33-23-11-4-12-24-33/h1-27,29H,28H2. The SMILES string of the molecule is C1=CC(CP(c2ccccc2)c2ccccc2)C(c2ccccc2P(c2ccccc2)c2ccccc2)=C1. The fourth-order valence-electron chi connectivity index (χ4n) is 5.24. The second kappa shape index (κ2) is 11.9. The van der Waals surface area contributed by atoms with Gasteiger partial charge in [-0.25, -0.2) is 0 Å². The maximum atomic E-state index is 2.42. The van der Waals surface area contributed by atoms with Gasteiger partial charge in [-0.2, -0.15) is 0 Å². The summed E-state index contributed by atoms with van der Waals surface area (Å²) < 4.78 is 0. The quantitative estimate of drug-likeness (QED) is 0.189. The first-order valence-electron chi connectivity index (χ1n) is 13.1. The van der Waals surface area contributed by atoms with Crippen LogP contribution in [0.3, 0.4) is 0 Å². The summed E-state index contributed by atoms with van der Waals surface area (Å²) in [6.07, 6.45) is 8.15. The van der Waals surface area contributed by atoms with E-state index in [2.05, 4.69) is 164 Å². The van der Waals surface area contributed by atoms with Crippen molar-refractivity contribution in [2.45, 2.75) is 0 Å². The Hall–Kier alpha value is -3.56. The Morgan fingerprint density at radius 1 is 0.474 bits per heavy atom. The topological polar surface area (TPSA) is 0 Å². The minimum atomic E-state index is -0.673. The van der Waals surface area contributed by atoms with E-state index < -0.39 is 15.8 Å². The van der Waals surface area contributed by atoms with Crippen LogP contribution in [0.4, 0.5) is 0 Å². The van der Waals surface area contributed by atoms with E-state index in [0.717, 1.165) is 6.16 Å².